The molecule has 0 bridgehead atoms. The number of rotatable bonds is 2. The van der Waals surface area contributed by atoms with Crippen LogP contribution in [0.3, 0.4) is 0 Å². The summed E-state index contributed by atoms with van der Waals surface area (Å²) in [6, 6.07) is 9.18. The third-order valence-corrected chi connectivity index (χ3v) is 4.57. The molecule has 0 unspecified atom stereocenters. The number of aliphatic hydroxyl groups is 1. The molecule has 1 aliphatic heterocycles. The minimum Gasteiger partial charge on any atom is -0.391 e. The summed E-state index contributed by atoms with van der Waals surface area (Å²) in [4.78, 5) is 23.1. The molecule has 25 heavy (non-hydrogen) atoms. The molecule has 0 radical (unpaired) electrons. The first-order chi connectivity index (χ1) is 12.1. The number of hydrogen-bond donors (Lipinski definition) is 1. The summed E-state index contributed by atoms with van der Waals surface area (Å²) in [6.07, 6.45) is 4.66. The van der Waals surface area contributed by atoms with Gasteiger partial charge in [0.05, 0.1) is 23.2 Å². The van der Waals surface area contributed by atoms with Crippen LogP contribution < -0.4 is 0 Å². The Morgan fingerprint density at radius 3 is 2.76 bits per heavy atom. The van der Waals surface area contributed by atoms with Gasteiger partial charge >= 0.3 is 0 Å². The van der Waals surface area contributed by atoms with Gasteiger partial charge in [-0.1, -0.05) is 12.1 Å². The minimum atomic E-state index is -0.606. The number of benzene rings is 1. The van der Waals surface area contributed by atoms with E-state index >= 15 is 0 Å². The molecule has 1 fully saturated rings. The van der Waals surface area contributed by atoms with Crippen molar-refractivity contribution in [2.24, 2.45) is 0 Å². The first kappa shape index (κ1) is 15.7. The number of aromatic nitrogens is 2. The van der Waals surface area contributed by atoms with E-state index in [1.807, 2.05) is 0 Å². The van der Waals surface area contributed by atoms with Gasteiger partial charge < -0.3 is 10.0 Å². The van der Waals surface area contributed by atoms with Gasteiger partial charge in [-0.3, -0.25) is 14.8 Å². The second-order valence-electron chi connectivity index (χ2n) is 6.17. The summed E-state index contributed by atoms with van der Waals surface area (Å²) in [5, 5.41) is 10.8. The number of nitrogens with zero attached hydrogens (tertiary/aromatic N) is 3. The Hall–Kier alpha value is -2.86. The normalized spacial score (nSPS) is 20.2. The highest BCUT2D eigenvalue weighted by atomic mass is 19.1. The third-order valence-electron chi connectivity index (χ3n) is 4.57. The van der Waals surface area contributed by atoms with Gasteiger partial charge in [-0.2, -0.15) is 0 Å². The summed E-state index contributed by atoms with van der Waals surface area (Å²) < 4.78 is 13.2. The summed E-state index contributed by atoms with van der Waals surface area (Å²) in [5.41, 5.74) is 2.00. The number of carbonyl (C=O) groups is 1. The van der Waals surface area contributed by atoms with E-state index in [9.17, 15) is 14.3 Å². The fourth-order valence-corrected chi connectivity index (χ4v) is 3.37. The zero-order valence-electron chi connectivity index (χ0n) is 13.3. The van der Waals surface area contributed by atoms with Crippen molar-refractivity contribution in [2.45, 2.75) is 18.6 Å². The lowest BCUT2D eigenvalue weighted by Crippen LogP contribution is -2.32. The molecular formula is C19H16FN3O2. The van der Waals surface area contributed by atoms with E-state index in [4.69, 9.17) is 0 Å². The zero-order valence-corrected chi connectivity index (χ0v) is 13.3. The molecule has 1 aromatic carbocycles. The van der Waals surface area contributed by atoms with E-state index in [-0.39, 0.29) is 24.3 Å². The number of aliphatic hydroxyl groups excluding tert-OH is 1. The van der Waals surface area contributed by atoms with E-state index in [0.29, 0.717) is 22.9 Å². The lowest BCUT2D eigenvalue weighted by atomic mass is 10.0. The van der Waals surface area contributed by atoms with Gasteiger partial charge in [0.15, 0.2) is 0 Å². The van der Waals surface area contributed by atoms with Crippen molar-refractivity contribution in [1.29, 1.82) is 0 Å². The Bertz CT molecular complexity index is 924. The SMILES string of the molecule is O=C(c1ccnc2ccncc12)N1C[C@@H](O)C[C@H]1c1ccc(F)cc1. The van der Waals surface area contributed by atoms with Gasteiger partial charge in [-0.05, 0) is 36.2 Å². The Morgan fingerprint density at radius 1 is 1.16 bits per heavy atom. The van der Waals surface area contributed by atoms with Crippen LogP contribution >= 0.6 is 0 Å². The number of fused-ring (bicyclic) bond motifs is 1. The van der Waals surface area contributed by atoms with Gasteiger partial charge in [-0.25, -0.2) is 4.39 Å². The molecule has 0 spiro atoms. The van der Waals surface area contributed by atoms with Crippen LogP contribution in [0.5, 0.6) is 0 Å². The lowest BCUT2D eigenvalue weighted by molar-refractivity contribution is 0.0717. The van der Waals surface area contributed by atoms with Crippen LogP contribution in [-0.2, 0) is 0 Å². The van der Waals surface area contributed by atoms with E-state index in [2.05, 4.69) is 9.97 Å². The van der Waals surface area contributed by atoms with Crippen LogP contribution in [0.15, 0.2) is 55.0 Å². The highest BCUT2D eigenvalue weighted by Gasteiger charge is 2.36. The van der Waals surface area contributed by atoms with Gasteiger partial charge in [0.25, 0.3) is 5.91 Å². The van der Waals surface area contributed by atoms with Crippen LogP contribution in [0.1, 0.15) is 28.4 Å². The van der Waals surface area contributed by atoms with Crippen molar-refractivity contribution < 1.29 is 14.3 Å². The fraction of sp³-hybridized carbons (Fsp3) is 0.211. The number of hydrogen-bond acceptors (Lipinski definition) is 4. The number of halogens is 1. The molecule has 3 heterocycles. The molecule has 126 valence electrons. The van der Waals surface area contributed by atoms with Crippen LogP contribution in [0.25, 0.3) is 10.9 Å². The molecular weight excluding hydrogens is 321 g/mol. The quantitative estimate of drug-likeness (QED) is 0.781. The van der Waals surface area contributed by atoms with Gasteiger partial charge in [-0.15, -0.1) is 0 Å². The summed E-state index contributed by atoms with van der Waals surface area (Å²) in [7, 11) is 0. The van der Waals surface area contributed by atoms with Crippen LogP contribution in [0.4, 0.5) is 4.39 Å². The lowest BCUT2D eigenvalue weighted by Gasteiger charge is -2.25. The maximum absolute atomic E-state index is 13.2. The van der Waals surface area contributed by atoms with Crippen LogP contribution in [0, 0.1) is 5.82 Å². The van der Waals surface area contributed by atoms with Gasteiger partial charge in [0.2, 0.25) is 0 Å². The number of amides is 1. The highest BCUT2D eigenvalue weighted by molar-refractivity contribution is 6.06. The molecule has 2 aromatic heterocycles. The Labute approximate surface area is 143 Å². The molecule has 4 rings (SSSR count). The van der Waals surface area contributed by atoms with Crippen molar-refractivity contribution >= 4 is 16.8 Å². The highest BCUT2D eigenvalue weighted by Crippen LogP contribution is 2.34. The average molecular weight is 337 g/mol. The second-order valence-corrected chi connectivity index (χ2v) is 6.17. The van der Waals surface area contributed by atoms with E-state index < -0.39 is 6.10 Å². The Morgan fingerprint density at radius 2 is 1.96 bits per heavy atom. The number of β-amino-alcohol motifs (C(OH)–C–C–N with tert-alkyl or cyclic N) is 1. The van der Waals surface area contributed by atoms with Crippen molar-refractivity contribution in [3.63, 3.8) is 0 Å². The van der Waals surface area contributed by atoms with Gasteiger partial charge in [0, 0.05) is 30.5 Å². The molecule has 0 saturated carbocycles. The van der Waals surface area contributed by atoms with Crippen molar-refractivity contribution in [1.82, 2.24) is 14.9 Å². The first-order valence-corrected chi connectivity index (χ1v) is 8.07. The second kappa shape index (κ2) is 6.22. The summed E-state index contributed by atoms with van der Waals surface area (Å²) >= 11 is 0. The maximum Gasteiger partial charge on any atom is 0.255 e. The van der Waals surface area contributed by atoms with Crippen molar-refractivity contribution in [3.05, 3.63) is 71.9 Å². The Balaban J connectivity index is 1.73. The van der Waals surface area contributed by atoms with Gasteiger partial charge in [0.1, 0.15) is 5.82 Å². The molecule has 6 heteroatoms. The predicted octanol–water partition coefficient (Wildman–Crippen LogP) is 2.72. The molecule has 1 N–H and O–H groups in total. The van der Waals surface area contributed by atoms with Crippen molar-refractivity contribution in [3.8, 4) is 0 Å². The third kappa shape index (κ3) is 2.85. The Kier molecular flexibility index (Phi) is 3.89. The maximum atomic E-state index is 13.2. The molecule has 1 saturated heterocycles. The monoisotopic (exact) mass is 337 g/mol. The summed E-state index contributed by atoms with van der Waals surface area (Å²) in [6.45, 7) is 0.241. The molecule has 1 aliphatic rings. The van der Waals surface area contributed by atoms with Crippen LogP contribution in [-0.4, -0.2) is 38.5 Å². The molecule has 5 nitrogen and oxygen atoms in total. The standard InChI is InChI=1S/C19H16FN3O2/c20-13-3-1-12(2-4-13)18-9-14(24)11-23(18)19(25)15-5-8-22-17-6-7-21-10-16(15)17/h1-8,10,14,18,24H,9,11H2/t14-,18-/m0/s1. The molecule has 1 amide bonds. The predicted molar refractivity (Wildman–Crippen MR) is 90.3 cm³/mol. The number of carbonyl (C=O) groups excluding carboxylic acids is 1. The smallest absolute Gasteiger partial charge is 0.255 e. The van der Waals surface area contributed by atoms with Crippen LogP contribution in [0.2, 0.25) is 0 Å². The largest absolute Gasteiger partial charge is 0.391 e. The summed E-state index contributed by atoms with van der Waals surface area (Å²) in [5.74, 6) is -0.516. The molecule has 0 aliphatic carbocycles. The topological polar surface area (TPSA) is 66.3 Å². The average Bonchev–Trinajstić information content (AvgIpc) is 3.03. The minimum absolute atomic E-state index is 0.189. The van der Waals surface area contributed by atoms with E-state index in [1.165, 1.54) is 12.1 Å². The fourth-order valence-electron chi connectivity index (χ4n) is 3.37. The first-order valence-electron chi connectivity index (χ1n) is 8.07. The number of pyridine rings is 2. The van der Waals surface area contributed by atoms with E-state index in [1.54, 1.807) is 47.8 Å². The van der Waals surface area contributed by atoms with E-state index in [0.717, 1.165) is 5.56 Å². The molecule has 3 aromatic rings. The number of likely N-dealkylation sites (tertiary alicyclic amines) is 1. The van der Waals surface area contributed by atoms with Crippen molar-refractivity contribution in [2.75, 3.05) is 6.54 Å². The zero-order chi connectivity index (χ0) is 17.4. The molecule has 2 atom stereocenters.